The third kappa shape index (κ3) is 11.4. The van der Waals surface area contributed by atoms with Gasteiger partial charge in [0.2, 0.25) is 0 Å². The first-order valence-corrected chi connectivity index (χ1v) is 3.93. The van der Waals surface area contributed by atoms with Gasteiger partial charge in [-0.15, -0.1) is 0 Å². The molecule has 0 aromatic heterocycles. The molecule has 9 heavy (non-hydrogen) atoms. The fourth-order valence-corrected chi connectivity index (χ4v) is 0.539. The van der Waals surface area contributed by atoms with Crippen LogP contribution < -0.4 is 0 Å². The smallest absolute Gasteiger partial charge is 0.0326 e. The van der Waals surface area contributed by atoms with E-state index in [1.165, 1.54) is 18.4 Å². The summed E-state index contributed by atoms with van der Waals surface area (Å²) in [5.74, 6) is 0. The van der Waals surface area contributed by atoms with Crippen LogP contribution in [0.5, 0.6) is 0 Å². The molecule has 0 spiro atoms. The van der Waals surface area contributed by atoms with Crippen molar-refractivity contribution >= 4 is 0 Å². The van der Waals surface area contributed by atoms with Crippen LogP contribution in [0.2, 0.25) is 0 Å². The summed E-state index contributed by atoms with van der Waals surface area (Å²) >= 11 is 0. The van der Waals surface area contributed by atoms with Gasteiger partial charge in [-0.3, -0.25) is 0 Å². The number of rotatable bonds is 2. The average Bonchev–Trinajstić information content (AvgIpc) is 1.93. The van der Waals surface area contributed by atoms with Crippen molar-refractivity contribution in [3.8, 4) is 0 Å². The summed E-state index contributed by atoms with van der Waals surface area (Å²) < 4.78 is 0. The number of allylic oxidation sites excluding steroid dienone is 2. The standard InChI is InChI=1S/C7H14.C2H6/c1-4-6-7(3)5-2;1-2/h5H,4,6H2,1-3H3;1-2H3/b7-5+;. The van der Waals surface area contributed by atoms with Crippen molar-refractivity contribution in [2.45, 2.75) is 47.5 Å². The maximum Gasteiger partial charge on any atom is -0.0326 e. The summed E-state index contributed by atoms with van der Waals surface area (Å²) in [5.41, 5.74) is 1.50. The summed E-state index contributed by atoms with van der Waals surface area (Å²) in [6.45, 7) is 10.5. The lowest BCUT2D eigenvalue weighted by molar-refractivity contribution is 0.903. The van der Waals surface area contributed by atoms with Gasteiger partial charge in [0.05, 0.1) is 0 Å². The summed E-state index contributed by atoms with van der Waals surface area (Å²) in [6, 6.07) is 0. The van der Waals surface area contributed by atoms with E-state index in [1.54, 1.807) is 0 Å². The van der Waals surface area contributed by atoms with Crippen LogP contribution in [0, 0.1) is 0 Å². The minimum atomic E-state index is 1.26. The van der Waals surface area contributed by atoms with Crippen LogP contribution >= 0.6 is 0 Å². The molecule has 0 radical (unpaired) electrons. The van der Waals surface area contributed by atoms with Crippen molar-refractivity contribution in [3.63, 3.8) is 0 Å². The van der Waals surface area contributed by atoms with Gasteiger partial charge >= 0.3 is 0 Å². The van der Waals surface area contributed by atoms with E-state index in [0.29, 0.717) is 0 Å². The molecule has 0 saturated carbocycles. The van der Waals surface area contributed by atoms with Crippen LogP contribution in [-0.4, -0.2) is 0 Å². The monoisotopic (exact) mass is 128 g/mol. The molecule has 0 bridgehead atoms. The van der Waals surface area contributed by atoms with Gasteiger partial charge in [-0.05, 0) is 20.3 Å². The second kappa shape index (κ2) is 10.7. The highest BCUT2D eigenvalue weighted by Crippen LogP contribution is 2.00. The summed E-state index contributed by atoms with van der Waals surface area (Å²) in [5, 5.41) is 0. The second-order valence-corrected chi connectivity index (χ2v) is 1.89. The molecule has 0 fully saturated rings. The molecule has 0 atom stereocenters. The molecule has 0 rings (SSSR count). The maximum atomic E-state index is 2.20. The van der Waals surface area contributed by atoms with Gasteiger partial charge in [0.15, 0.2) is 0 Å². The first-order valence-electron chi connectivity index (χ1n) is 3.93. The van der Waals surface area contributed by atoms with Crippen molar-refractivity contribution in [3.05, 3.63) is 11.6 Å². The zero-order valence-electron chi connectivity index (χ0n) is 7.49. The molecular formula is C9H20. The molecule has 56 valence electrons. The minimum absolute atomic E-state index is 1.26. The lowest BCUT2D eigenvalue weighted by Crippen LogP contribution is -1.70. The molecule has 0 heteroatoms. The summed E-state index contributed by atoms with van der Waals surface area (Å²) in [7, 11) is 0. The quantitative estimate of drug-likeness (QED) is 0.496. The molecule has 0 aliphatic rings. The minimum Gasteiger partial charge on any atom is -0.0887 e. The molecule has 0 aromatic carbocycles. The van der Waals surface area contributed by atoms with Gasteiger partial charge in [-0.1, -0.05) is 38.8 Å². The number of hydrogen-bond acceptors (Lipinski definition) is 0. The average molecular weight is 128 g/mol. The Labute approximate surface area is 60.0 Å². The highest BCUT2D eigenvalue weighted by Gasteiger charge is 1.79. The van der Waals surface area contributed by atoms with Gasteiger partial charge in [0.1, 0.15) is 0 Å². The Balaban J connectivity index is 0. The summed E-state index contributed by atoms with van der Waals surface area (Å²) in [6.07, 6.45) is 4.70. The van der Waals surface area contributed by atoms with Crippen molar-refractivity contribution < 1.29 is 0 Å². The topological polar surface area (TPSA) is 0 Å². The number of hydrogen-bond donors (Lipinski definition) is 0. The van der Waals surface area contributed by atoms with E-state index in [2.05, 4.69) is 26.8 Å². The molecule has 0 aromatic rings. The largest absolute Gasteiger partial charge is 0.0887 e. The zero-order valence-corrected chi connectivity index (χ0v) is 7.49. The van der Waals surface area contributed by atoms with E-state index in [1.807, 2.05) is 13.8 Å². The molecule has 0 heterocycles. The van der Waals surface area contributed by atoms with Crippen molar-refractivity contribution in [1.29, 1.82) is 0 Å². The van der Waals surface area contributed by atoms with Gasteiger partial charge in [-0.25, -0.2) is 0 Å². The molecular weight excluding hydrogens is 108 g/mol. The Morgan fingerprint density at radius 3 is 1.89 bits per heavy atom. The Morgan fingerprint density at radius 1 is 1.33 bits per heavy atom. The molecule has 0 nitrogen and oxygen atoms in total. The van der Waals surface area contributed by atoms with Crippen LogP contribution in [0.4, 0.5) is 0 Å². The summed E-state index contributed by atoms with van der Waals surface area (Å²) in [4.78, 5) is 0. The van der Waals surface area contributed by atoms with Gasteiger partial charge in [0.25, 0.3) is 0 Å². The normalized spacial score (nSPS) is 10.1. The molecule has 0 N–H and O–H groups in total. The van der Waals surface area contributed by atoms with Crippen molar-refractivity contribution in [1.82, 2.24) is 0 Å². The fraction of sp³-hybridized carbons (Fsp3) is 0.778. The Hall–Kier alpha value is -0.260. The van der Waals surface area contributed by atoms with Gasteiger partial charge in [0, 0.05) is 0 Å². The zero-order chi connectivity index (χ0) is 7.70. The van der Waals surface area contributed by atoms with Crippen LogP contribution in [0.25, 0.3) is 0 Å². The van der Waals surface area contributed by atoms with Crippen LogP contribution in [0.15, 0.2) is 11.6 Å². The van der Waals surface area contributed by atoms with E-state index < -0.39 is 0 Å². The van der Waals surface area contributed by atoms with Gasteiger partial charge < -0.3 is 0 Å². The van der Waals surface area contributed by atoms with Crippen LogP contribution in [-0.2, 0) is 0 Å². The van der Waals surface area contributed by atoms with Crippen LogP contribution in [0.3, 0.4) is 0 Å². The van der Waals surface area contributed by atoms with E-state index in [4.69, 9.17) is 0 Å². The highest BCUT2D eigenvalue weighted by atomic mass is 13.9. The predicted octanol–water partition coefficient (Wildman–Crippen LogP) is 3.78. The van der Waals surface area contributed by atoms with E-state index >= 15 is 0 Å². The van der Waals surface area contributed by atoms with E-state index in [-0.39, 0.29) is 0 Å². The third-order valence-electron chi connectivity index (χ3n) is 1.14. The first-order chi connectivity index (χ1) is 4.31. The lowest BCUT2D eigenvalue weighted by Gasteiger charge is -1.91. The molecule has 0 saturated heterocycles. The third-order valence-corrected chi connectivity index (χ3v) is 1.14. The van der Waals surface area contributed by atoms with Gasteiger partial charge in [-0.2, -0.15) is 0 Å². The highest BCUT2D eigenvalue weighted by molar-refractivity contribution is 4.94. The van der Waals surface area contributed by atoms with E-state index in [0.717, 1.165) is 0 Å². The lowest BCUT2D eigenvalue weighted by atomic mass is 10.2. The Bertz CT molecular complexity index is 60.4. The molecule has 0 aliphatic carbocycles. The van der Waals surface area contributed by atoms with E-state index in [9.17, 15) is 0 Å². The molecule has 0 amide bonds. The molecule has 0 unspecified atom stereocenters. The Kier molecular flexibility index (Phi) is 13.7. The fourth-order valence-electron chi connectivity index (χ4n) is 0.539. The van der Waals surface area contributed by atoms with Crippen molar-refractivity contribution in [2.75, 3.05) is 0 Å². The predicted molar refractivity (Wildman–Crippen MR) is 45.7 cm³/mol. The maximum absolute atomic E-state index is 2.20. The second-order valence-electron chi connectivity index (χ2n) is 1.89. The SMILES string of the molecule is C/C=C(\C)CCC.CC. The Morgan fingerprint density at radius 2 is 1.78 bits per heavy atom. The molecule has 0 aliphatic heterocycles. The van der Waals surface area contributed by atoms with Crippen molar-refractivity contribution in [2.24, 2.45) is 0 Å². The van der Waals surface area contributed by atoms with Crippen LogP contribution in [0.1, 0.15) is 47.5 Å². The first kappa shape index (κ1) is 11.5.